The molecule has 0 aromatic rings. The van der Waals surface area contributed by atoms with Crippen LogP contribution in [0, 0.1) is 0 Å². The summed E-state index contributed by atoms with van der Waals surface area (Å²) in [6.07, 6.45) is 4.29. The Balaban J connectivity index is 0.00000169. The minimum atomic E-state index is -4.37. The molecule has 0 saturated heterocycles. The van der Waals surface area contributed by atoms with E-state index in [-0.39, 0.29) is 36.1 Å². The first kappa shape index (κ1) is 14.8. The SMILES string of the molecule is NCC1(NS(=O)(=O)[O-])CCCCC1.[Na+]. The maximum Gasteiger partial charge on any atom is 1.00 e. The van der Waals surface area contributed by atoms with Gasteiger partial charge in [0.1, 0.15) is 0 Å². The molecular weight excluding hydrogens is 215 g/mol. The summed E-state index contributed by atoms with van der Waals surface area (Å²) in [6.45, 7) is 0.203. The maximum absolute atomic E-state index is 10.5. The van der Waals surface area contributed by atoms with Crippen LogP contribution in [-0.4, -0.2) is 25.1 Å². The second-order valence-corrected chi connectivity index (χ2v) is 4.71. The van der Waals surface area contributed by atoms with Gasteiger partial charge >= 0.3 is 29.6 Å². The number of nitrogens with one attached hydrogen (secondary N) is 1. The Labute approximate surface area is 107 Å². The Morgan fingerprint density at radius 2 is 1.79 bits per heavy atom. The molecule has 1 aliphatic carbocycles. The molecule has 1 aliphatic rings. The van der Waals surface area contributed by atoms with E-state index in [9.17, 15) is 13.0 Å². The number of hydrogen-bond donors (Lipinski definition) is 2. The summed E-state index contributed by atoms with van der Waals surface area (Å²) in [5, 5.41) is 0. The topological polar surface area (TPSA) is 95.2 Å². The van der Waals surface area contributed by atoms with E-state index < -0.39 is 15.8 Å². The fourth-order valence-electron chi connectivity index (χ4n) is 1.84. The summed E-state index contributed by atoms with van der Waals surface area (Å²) in [4.78, 5) is 0. The molecular formula is C7H15N2NaO3S. The summed E-state index contributed by atoms with van der Waals surface area (Å²) < 4.78 is 33.7. The first-order chi connectivity index (χ1) is 5.97. The van der Waals surface area contributed by atoms with Crippen molar-refractivity contribution in [2.45, 2.75) is 37.6 Å². The van der Waals surface area contributed by atoms with E-state index in [0.717, 1.165) is 19.3 Å². The third-order valence-electron chi connectivity index (χ3n) is 2.54. The molecule has 1 fully saturated rings. The van der Waals surface area contributed by atoms with Crippen LogP contribution in [0.15, 0.2) is 0 Å². The molecule has 78 valence electrons. The molecule has 5 nitrogen and oxygen atoms in total. The Kier molecular flexibility index (Phi) is 6.13. The summed E-state index contributed by atoms with van der Waals surface area (Å²) in [6, 6.07) is 0. The Bertz CT molecular complexity index is 262. The average molecular weight is 230 g/mol. The molecule has 1 rings (SSSR count). The summed E-state index contributed by atoms with van der Waals surface area (Å²) in [5.41, 5.74) is 4.81. The zero-order valence-electron chi connectivity index (χ0n) is 8.45. The summed E-state index contributed by atoms with van der Waals surface area (Å²) >= 11 is 0. The predicted molar refractivity (Wildman–Crippen MR) is 47.7 cm³/mol. The van der Waals surface area contributed by atoms with Crippen molar-refractivity contribution in [3.05, 3.63) is 0 Å². The second-order valence-electron chi connectivity index (χ2n) is 3.60. The van der Waals surface area contributed by atoms with Gasteiger partial charge in [0.25, 0.3) is 0 Å². The first-order valence-corrected chi connectivity index (χ1v) is 5.83. The van der Waals surface area contributed by atoms with Crippen LogP contribution in [0.4, 0.5) is 0 Å². The van der Waals surface area contributed by atoms with E-state index in [1.54, 1.807) is 0 Å². The van der Waals surface area contributed by atoms with Gasteiger partial charge in [-0.25, -0.2) is 13.1 Å². The van der Waals surface area contributed by atoms with Crippen LogP contribution in [0.3, 0.4) is 0 Å². The average Bonchev–Trinajstić information content (AvgIpc) is 2.03. The quantitative estimate of drug-likeness (QED) is 0.392. The molecule has 7 heteroatoms. The van der Waals surface area contributed by atoms with Gasteiger partial charge in [-0.1, -0.05) is 19.3 Å². The standard InChI is InChI=1S/C7H16N2O3S.Na/c8-6-7(9-13(10,11)12)4-2-1-3-5-7;/h9H,1-6,8H2,(H,10,11,12);/q;+1/p-1. The van der Waals surface area contributed by atoms with E-state index >= 15 is 0 Å². The summed E-state index contributed by atoms with van der Waals surface area (Å²) in [5.74, 6) is 0. The van der Waals surface area contributed by atoms with Gasteiger partial charge < -0.3 is 10.3 Å². The number of rotatable bonds is 3. The molecule has 0 aromatic heterocycles. The van der Waals surface area contributed by atoms with E-state index in [1.807, 2.05) is 0 Å². The molecule has 1 saturated carbocycles. The molecule has 0 radical (unpaired) electrons. The van der Waals surface area contributed by atoms with Gasteiger partial charge in [0, 0.05) is 12.1 Å². The van der Waals surface area contributed by atoms with Crippen molar-refractivity contribution < 1.29 is 42.5 Å². The van der Waals surface area contributed by atoms with Crippen LogP contribution < -0.4 is 40.0 Å². The van der Waals surface area contributed by atoms with Crippen molar-refractivity contribution in [1.82, 2.24) is 4.72 Å². The van der Waals surface area contributed by atoms with Crippen molar-refractivity contribution in [3.63, 3.8) is 0 Å². The Morgan fingerprint density at radius 1 is 1.29 bits per heavy atom. The molecule has 0 aromatic carbocycles. The van der Waals surface area contributed by atoms with Crippen LogP contribution in [0.5, 0.6) is 0 Å². The van der Waals surface area contributed by atoms with E-state index in [0.29, 0.717) is 12.8 Å². The van der Waals surface area contributed by atoms with Gasteiger partial charge in [0.15, 0.2) is 10.3 Å². The van der Waals surface area contributed by atoms with Crippen LogP contribution in [0.25, 0.3) is 0 Å². The predicted octanol–water partition coefficient (Wildman–Crippen LogP) is -3.30. The van der Waals surface area contributed by atoms with E-state index in [1.165, 1.54) is 0 Å². The first-order valence-electron chi connectivity index (χ1n) is 4.42. The Hall–Kier alpha value is 0.830. The van der Waals surface area contributed by atoms with Crippen molar-refractivity contribution >= 4 is 10.3 Å². The zero-order valence-corrected chi connectivity index (χ0v) is 11.3. The van der Waals surface area contributed by atoms with Gasteiger partial charge in [-0.05, 0) is 12.8 Å². The van der Waals surface area contributed by atoms with Crippen molar-refractivity contribution in [2.75, 3.05) is 6.54 Å². The van der Waals surface area contributed by atoms with Crippen LogP contribution in [0.2, 0.25) is 0 Å². The minimum Gasteiger partial charge on any atom is -0.735 e. The van der Waals surface area contributed by atoms with E-state index in [4.69, 9.17) is 5.73 Å². The molecule has 0 amide bonds. The van der Waals surface area contributed by atoms with E-state index in [2.05, 4.69) is 4.72 Å². The number of hydrogen-bond acceptors (Lipinski definition) is 4. The normalized spacial score (nSPS) is 21.3. The molecule has 0 spiro atoms. The van der Waals surface area contributed by atoms with Gasteiger partial charge in [0.05, 0.1) is 0 Å². The monoisotopic (exact) mass is 230 g/mol. The van der Waals surface area contributed by atoms with Gasteiger partial charge in [0.2, 0.25) is 0 Å². The molecule has 0 unspecified atom stereocenters. The fourth-order valence-corrected chi connectivity index (χ4v) is 2.66. The van der Waals surface area contributed by atoms with Crippen LogP contribution >= 0.6 is 0 Å². The second kappa shape index (κ2) is 5.79. The van der Waals surface area contributed by atoms with Crippen molar-refractivity contribution in [2.24, 2.45) is 5.73 Å². The third-order valence-corrected chi connectivity index (χ3v) is 3.23. The van der Waals surface area contributed by atoms with Gasteiger partial charge in [-0.2, -0.15) is 0 Å². The molecule has 0 heterocycles. The number of nitrogens with two attached hydrogens (primary N) is 1. The Morgan fingerprint density at radius 3 is 2.14 bits per heavy atom. The molecule has 14 heavy (non-hydrogen) atoms. The fraction of sp³-hybridized carbons (Fsp3) is 1.00. The van der Waals surface area contributed by atoms with Crippen molar-refractivity contribution in [1.29, 1.82) is 0 Å². The molecule has 0 aliphatic heterocycles. The molecule has 0 bridgehead atoms. The smallest absolute Gasteiger partial charge is 0.735 e. The van der Waals surface area contributed by atoms with Crippen molar-refractivity contribution in [3.8, 4) is 0 Å². The van der Waals surface area contributed by atoms with Crippen LogP contribution in [-0.2, 0) is 10.3 Å². The third kappa shape index (κ3) is 4.57. The molecule has 0 atom stereocenters. The van der Waals surface area contributed by atoms with Crippen LogP contribution in [0.1, 0.15) is 32.1 Å². The minimum absolute atomic E-state index is 0. The zero-order chi connectivity index (χ0) is 9.95. The van der Waals surface area contributed by atoms with Gasteiger partial charge in [-0.15, -0.1) is 0 Å². The maximum atomic E-state index is 10.5. The summed E-state index contributed by atoms with van der Waals surface area (Å²) in [7, 11) is -4.37. The molecule has 3 N–H and O–H groups in total. The van der Waals surface area contributed by atoms with Gasteiger partial charge in [-0.3, -0.25) is 0 Å². The largest absolute Gasteiger partial charge is 1.00 e.